The number of rotatable bonds is 11. The highest BCUT2D eigenvalue weighted by Gasteiger charge is 2.16. The highest BCUT2D eigenvalue weighted by molar-refractivity contribution is 5.94. The number of hydrogen-bond acceptors (Lipinski definition) is 8. The van der Waals surface area contributed by atoms with Crippen molar-refractivity contribution in [2.75, 3.05) is 18.0 Å². The Hall–Kier alpha value is -4.20. The van der Waals surface area contributed by atoms with Crippen molar-refractivity contribution >= 4 is 29.0 Å². The van der Waals surface area contributed by atoms with Crippen molar-refractivity contribution in [1.29, 1.82) is 0 Å². The molecule has 3 rings (SSSR count). The van der Waals surface area contributed by atoms with Crippen molar-refractivity contribution < 1.29 is 24.2 Å². The third-order valence-corrected chi connectivity index (χ3v) is 5.46. The molecule has 188 valence electrons. The third-order valence-electron chi connectivity index (χ3n) is 5.46. The van der Waals surface area contributed by atoms with Gasteiger partial charge in [-0.2, -0.15) is 10.2 Å². The van der Waals surface area contributed by atoms with Gasteiger partial charge < -0.3 is 19.5 Å². The lowest BCUT2D eigenvalue weighted by Crippen LogP contribution is -2.21. The van der Waals surface area contributed by atoms with Crippen LogP contribution in [0, 0.1) is 0 Å². The zero-order valence-electron chi connectivity index (χ0n) is 20.8. The van der Waals surface area contributed by atoms with Gasteiger partial charge in [0, 0.05) is 31.3 Å². The van der Waals surface area contributed by atoms with Crippen LogP contribution in [0.5, 0.6) is 17.2 Å². The molecule has 0 atom stereocenters. The number of azo groups is 1. The van der Waals surface area contributed by atoms with E-state index in [-0.39, 0.29) is 28.8 Å². The average Bonchev–Trinajstić information content (AvgIpc) is 2.88. The quantitative estimate of drug-likeness (QED) is 0.177. The van der Waals surface area contributed by atoms with E-state index in [1.807, 2.05) is 31.2 Å². The van der Waals surface area contributed by atoms with Crippen molar-refractivity contribution in [2.24, 2.45) is 10.2 Å². The van der Waals surface area contributed by atoms with Crippen molar-refractivity contribution in [3.05, 3.63) is 72.3 Å². The van der Waals surface area contributed by atoms with Gasteiger partial charge in [-0.3, -0.25) is 4.79 Å². The van der Waals surface area contributed by atoms with Crippen LogP contribution in [0.25, 0.3) is 0 Å². The van der Waals surface area contributed by atoms with Crippen LogP contribution in [0.3, 0.4) is 0 Å². The van der Waals surface area contributed by atoms with Gasteiger partial charge in [-0.1, -0.05) is 13.3 Å². The second-order valence-corrected chi connectivity index (χ2v) is 8.03. The molecule has 0 bridgehead atoms. The van der Waals surface area contributed by atoms with Crippen LogP contribution in [-0.2, 0) is 4.79 Å². The molecule has 0 fully saturated rings. The number of ether oxygens (including phenoxy) is 2. The lowest BCUT2D eigenvalue weighted by Gasteiger charge is -2.20. The maximum absolute atomic E-state index is 12.5. The molecule has 0 aromatic heterocycles. The van der Waals surface area contributed by atoms with Crippen LogP contribution in [0.1, 0.15) is 50.4 Å². The number of hydrogen-bond donors (Lipinski definition) is 1. The van der Waals surface area contributed by atoms with E-state index in [4.69, 9.17) is 9.47 Å². The molecule has 0 amide bonds. The van der Waals surface area contributed by atoms with Crippen LogP contribution in [0.15, 0.2) is 77.0 Å². The number of aromatic hydroxyl groups is 1. The Bertz CT molecular complexity index is 1190. The maximum Gasteiger partial charge on any atom is 0.347 e. The minimum Gasteiger partial charge on any atom is -0.507 e. The summed E-state index contributed by atoms with van der Waals surface area (Å²) < 4.78 is 10.5. The van der Waals surface area contributed by atoms with Gasteiger partial charge in [0.1, 0.15) is 22.8 Å². The Morgan fingerprint density at radius 3 is 1.94 bits per heavy atom. The zero-order valence-corrected chi connectivity index (χ0v) is 20.8. The van der Waals surface area contributed by atoms with Gasteiger partial charge in [-0.05, 0) is 80.9 Å². The second-order valence-electron chi connectivity index (χ2n) is 8.03. The molecule has 3 aromatic carbocycles. The molecular formula is C28H31N3O5. The smallest absolute Gasteiger partial charge is 0.347 e. The van der Waals surface area contributed by atoms with E-state index < -0.39 is 5.97 Å². The molecule has 36 heavy (non-hydrogen) atoms. The third kappa shape index (κ3) is 7.40. The van der Waals surface area contributed by atoms with E-state index in [0.29, 0.717) is 12.1 Å². The van der Waals surface area contributed by atoms with Gasteiger partial charge in [-0.15, -0.1) is 0 Å². The Morgan fingerprint density at radius 2 is 1.39 bits per heavy atom. The van der Waals surface area contributed by atoms with Crippen molar-refractivity contribution in [1.82, 2.24) is 0 Å². The molecule has 0 saturated carbocycles. The first-order valence-corrected chi connectivity index (χ1v) is 12.1. The standard InChI is InChI=1S/C28H31N3O5/c1-4-7-8-27(33)35-24-17-18-25(26(32)19-24)28(34)36-23-15-11-21(12-16-23)30-29-20-9-13-22(14-10-20)31(5-2)6-3/h9-19,32H,4-8H2,1-3H3. The molecule has 0 aliphatic carbocycles. The first-order chi connectivity index (χ1) is 17.4. The Balaban J connectivity index is 1.58. The van der Waals surface area contributed by atoms with Crippen molar-refractivity contribution in [3.63, 3.8) is 0 Å². The molecule has 1 N–H and O–H groups in total. The van der Waals surface area contributed by atoms with Gasteiger partial charge in [0.05, 0.1) is 11.4 Å². The number of anilines is 1. The number of nitrogens with zero attached hydrogens (tertiary/aromatic N) is 3. The summed E-state index contributed by atoms with van der Waals surface area (Å²) in [7, 11) is 0. The summed E-state index contributed by atoms with van der Waals surface area (Å²) in [5.74, 6) is -1.00. The van der Waals surface area contributed by atoms with Gasteiger partial charge >= 0.3 is 11.9 Å². The Labute approximate surface area is 211 Å². The minimum atomic E-state index is -0.737. The summed E-state index contributed by atoms with van der Waals surface area (Å²) in [6.07, 6.45) is 1.89. The number of carbonyl (C=O) groups excluding carboxylic acids is 2. The van der Waals surface area contributed by atoms with E-state index in [2.05, 4.69) is 29.0 Å². The average molecular weight is 490 g/mol. The molecule has 8 heteroatoms. The SMILES string of the molecule is CCCCC(=O)Oc1ccc(C(=O)Oc2ccc(N=Nc3ccc(N(CC)CC)cc3)cc2)c(O)c1. The predicted octanol–water partition coefficient (Wildman–Crippen LogP) is 6.97. The topological polar surface area (TPSA) is 101 Å². The van der Waals surface area contributed by atoms with Gasteiger partial charge in [-0.25, -0.2) is 4.79 Å². The highest BCUT2D eigenvalue weighted by atomic mass is 16.5. The van der Waals surface area contributed by atoms with E-state index in [0.717, 1.165) is 37.3 Å². The number of phenols is 1. The summed E-state index contributed by atoms with van der Waals surface area (Å²) in [6.45, 7) is 8.09. The van der Waals surface area contributed by atoms with Crippen LogP contribution in [0.2, 0.25) is 0 Å². The summed E-state index contributed by atoms with van der Waals surface area (Å²) in [6, 6.07) is 18.4. The molecule has 8 nitrogen and oxygen atoms in total. The number of esters is 2. The summed E-state index contributed by atoms with van der Waals surface area (Å²) in [4.78, 5) is 26.5. The molecule has 0 saturated heterocycles. The largest absolute Gasteiger partial charge is 0.507 e. The Morgan fingerprint density at radius 1 is 0.806 bits per heavy atom. The van der Waals surface area contributed by atoms with E-state index in [1.54, 1.807) is 24.3 Å². The number of benzene rings is 3. The van der Waals surface area contributed by atoms with Crippen LogP contribution in [0.4, 0.5) is 17.1 Å². The molecule has 0 aliphatic rings. The van der Waals surface area contributed by atoms with E-state index >= 15 is 0 Å². The van der Waals surface area contributed by atoms with E-state index in [1.165, 1.54) is 18.2 Å². The van der Waals surface area contributed by atoms with Crippen LogP contribution < -0.4 is 14.4 Å². The summed E-state index contributed by atoms with van der Waals surface area (Å²) in [5.41, 5.74) is 2.43. The maximum atomic E-state index is 12.5. The fourth-order valence-corrected chi connectivity index (χ4v) is 3.43. The van der Waals surface area contributed by atoms with E-state index in [9.17, 15) is 14.7 Å². The highest BCUT2D eigenvalue weighted by Crippen LogP contribution is 2.27. The first kappa shape index (κ1) is 26.4. The predicted molar refractivity (Wildman–Crippen MR) is 139 cm³/mol. The second kappa shape index (κ2) is 13.0. The monoisotopic (exact) mass is 489 g/mol. The minimum absolute atomic E-state index is 0.0414. The van der Waals surface area contributed by atoms with Crippen LogP contribution >= 0.6 is 0 Å². The van der Waals surface area contributed by atoms with Crippen LogP contribution in [-0.4, -0.2) is 30.1 Å². The van der Waals surface area contributed by atoms with Gasteiger partial charge in [0.25, 0.3) is 0 Å². The fraction of sp³-hybridized carbons (Fsp3) is 0.286. The molecule has 0 heterocycles. The molecule has 0 spiro atoms. The zero-order chi connectivity index (χ0) is 25.9. The van der Waals surface area contributed by atoms with Crippen molar-refractivity contribution in [3.8, 4) is 17.2 Å². The lowest BCUT2D eigenvalue weighted by atomic mass is 10.2. The molecule has 0 aliphatic heterocycles. The normalized spacial score (nSPS) is 10.9. The Kier molecular flexibility index (Phi) is 9.56. The molecule has 3 aromatic rings. The molecular weight excluding hydrogens is 458 g/mol. The van der Waals surface area contributed by atoms with Gasteiger partial charge in [0.2, 0.25) is 0 Å². The number of unbranched alkanes of at least 4 members (excludes halogenated alkanes) is 1. The molecule has 0 radical (unpaired) electrons. The summed E-state index contributed by atoms with van der Waals surface area (Å²) >= 11 is 0. The fourth-order valence-electron chi connectivity index (χ4n) is 3.43. The lowest BCUT2D eigenvalue weighted by molar-refractivity contribution is -0.134. The summed E-state index contributed by atoms with van der Waals surface area (Å²) in [5, 5.41) is 18.7. The first-order valence-electron chi connectivity index (χ1n) is 12.1. The number of carbonyl (C=O) groups is 2. The molecule has 0 unspecified atom stereocenters. The van der Waals surface area contributed by atoms with Crippen molar-refractivity contribution in [2.45, 2.75) is 40.0 Å². The van der Waals surface area contributed by atoms with Gasteiger partial charge in [0.15, 0.2) is 0 Å². The number of phenolic OH excluding ortho intramolecular Hbond substituents is 1.